The number of imidazole rings is 1. The van der Waals surface area contributed by atoms with E-state index in [-0.39, 0.29) is 0 Å². The van der Waals surface area contributed by atoms with Crippen LogP contribution in [-0.2, 0) is 5.88 Å². The van der Waals surface area contributed by atoms with Crippen LogP contribution in [0.1, 0.15) is 5.56 Å². The van der Waals surface area contributed by atoms with Gasteiger partial charge in [0.1, 0.15) is 11.3 Å². The van der Waals surface area contributed by atoms with Crippen LogP contribution in [0.2, 0.25) is 0 Å². The Balaban J connectivity index is 1.76. The van der Waals surface area contributed by atoms with Crippen molar-refractivity contribution in [2.24, 2.45) is 0 Å². The second-order valence-corrected chi connectivity index (χ2v) is 7.21. The van der Waals surface area contributed by atoms with Gasteiger partial charge in [0.25, 0.3) is 0 Å². The largest absolute Gasteiger partial charge is 0.383 e. The van der Waals surface area contributed by atoms with Crippen molar-refractivity contribution in [3.05, 3.63) is 90.8 Å². The minimum atomic E-state index is 0.426. The smallest absolute Gasteiger partial charge is 0.164 e. The fourth-order valence-electron chi connectivity index (χ4n) is 3.52. The Morgan fingerprint density at radius 3 is 2.40 bits per heavy atom. The minimum absolute atomic E-state index is 0.426. The first-order valence-corrected chi connectivity index (χ1v) is 10.1. The van der Waals surface area contributed by atoms with Gasteiger partial charge in [-0.15, -0.1) is 11.6 Å². The number of pyridine rings is 2. The number of hydrogen-bond acceptors (Lipinski definition) is 4. The van der Waals surface area contributed by atoms with Crippen LogP contribution >= 0.6 is 11.6 Å². The molecule has 0 amide bonds. The number of benzene rings is 2. The third-order valence-electron chi connectivity index (χ3n) is 5.03. The first-order chi connectivity index (χ1) is 14.7. The van der Waals surface area contributed by atoms with Gasteiger partial charge in [0.2, 0.25) is 0 Å². The molecule has 30 heavy (non-hydrogen) atoms. The molecule has 0 aliphatic carbocycles. The summed E-state index contributed by atoms with van der Waals surface area (Å²) in [5.41, 5.74) is 12.6. The van der Waals surface area contributed by atoms with Crippen molar-refractivity contribution in [1.29, 1.82) is 0 Å². The van der Waals surface area contributed by atoms with Gasteiger partial charge in [-0.1, -0.05) is 42.5 Å². The summed E-state index contributed by atoms with van der Waals surface area (Å²) in [7, 11) is 0. The fraction of sp³-hybridized carbons (Fsp3) is 0.0417. The number of aromatic nitrogens is 4. The summed E-state index contributed by atoms with van der Waals surface area (Å²) in [4.78, 5) is 13.9. The lowest BCUT2D eigenvalue weighted by atomic mass is 10.1. The third kappa shape index (κ3) is 3.19. The quantitative estimate of drug-likeness (QED) is 0.398. The maximum absolute atomic E-state index is 6.19. The molecule has 0 saturated carbocycles. The van der Waals surface area contributed by atoms with Crippen LogP contribution in [0.25, 0.3) is 39.4 Å². The number of fused-ring (bicyclic) bond motifs is 1. The molecule has 0 unspecified atom stereocenters. The normalized spacial score (nSPS) is 11.1. The zero-order valence-electron chi connectivity index (χ0n) is 16.0. The van der Waals surface area contributed by atoms with Crippen LogP contribution in [0.4, 0.5) is 5.82 Å². The maximum atomic E-state index is 6.19. The Morgan fingerprint density at radius 1 is 0.867 bits per heavy atom. The van der Waals surface area contributed by atoms with E-state index in [9.17, 15) is 0 Å². The van der Waals surface area contributed by atoms with Crippen molar-refractivity contribution >= 4 is 28.6 Å². The van der Waals surface area contributed by atoms with Crippen LogP contribution < -0.4 is 5.73 Å². The van der Waals surface area contributed by atoms with E-state index in [1.807, 2.05) is 65.4 Å². The molecule has 0 saturated heterocycles. The van der Waals surface area contributed by atoms with Gasteiger partial charge in [-0.05, 0) is 41.5 Å². The molecule has 2 N–H and O–H groups in total. The van der Waals surface area contributed by atoms with Crippen molar-refractivity contribution in [1.82, 2.24) is 19.5 Å². The molecule has 5 rings (SSSR count). The number of anilines is 1. The molecule has 146 valence electrons. The molecule has 5 aromatic rings. The summed E-state index contributed by atoms with van der Waals surface area (Å²) in [5.74, 6) is 1.59. The lowest BCUT2D eigenvalue weighted by molar-refractivity contribution is 1.07. The van der Waals surface area contributed by atoms with E-state index in [0.29, 0.717) is 17.5 Å². The number of halogens is 1. The molecule has 6 heteroatoms. The molecule has 2 aromatic carbocycles. The number of rotatable bonds is 4. The lowest BCUT2D eigenvalue weighted by Crippen LogP contribution is -2.02. The van der Waals surface area contributed by atoms with Crippen LogP contribution in [0.5, 0.6) is 0 Å². The summed E-state index contributed by atoms with van der Waals surface area (Å²) < 4.78 is 2.01. The molecule has 0 fully saturated rings. The number of alkyl halides is 1. The minimum Gasteiger partial charge on any atom is -0.383 e. The Bertz CT molecular complexity index is 1330. The monoisotopic (exact) mass is 411 g/mol. The van der Waals surface area contributed by atoms with E-state index in [0.717, 1.165) is 39.1 Å². The molecule has 0 spiro atoms. The average Bonchev–Trinajstić information content (AvgIpc) is 3.18. The number of nitrogens with zero attached hydrogens (tertiary/aromatic N) is 4. The maximum Gasteiger partial charge on any atom is 0.164 e. The molecular weight excluding hydrogens is 394 g/mol. The van der Waals surface area contributed by atoms with Gasteiger partial charge in [0.05, 0.1) is 5.56 Å². The first-order valence-electron chi connectivity index (χ1n) is 9.54. The predicted octanol–water partition coefficient (Wildman–Crippen LogP) is 5.47. The molecule has 3 aromatic heterocycles. The molecule has 0 bridgehead atoms. The average molecular weight is 412 g/mol. The molecular formula is C24H18ClN5. The molecule has 0 aliphatic rings. The predicted molar refractivity (Wildman–Crippen MR) is 122 cm³/mol. The Labute approximate surface area is 178 Å². The highest BCUT2D eigenvalue weighted by molar-refractivity contribution is 6.17. The molecule has 3 heterocycles. The third-order valence-corrected chi connectivity index (χ3v) is 5.34. The van der Waals surface area contributed by atoms with E-state index >= 15 is 0 Å². The van der Waals surface area contributed by atoms with E-state index in [1.165, 1.54) is 0 Å². The zero-order chi connectivity index (χ0) is 20.5. The van der Waals surface area contributed by atoms with Gasteiger partial charge < -0.3 is 5.73 Å². The van der Waals surface area contributed by atoms with Gasteiger partial charge in [-0.25, -0.2) is 15.0 Å². The summed E-state index contributed by atoms with van der Waals surface area (Å²) in [6, 6.07) is 24.0. The summed E-state index contributed by atoms with van der Waals surface area (Å²) in [6.07, 6.45) is 3.55. The SMILES string of the molecule is Nc1ncccc1-c1nc2cc(-c3ccccc3)cnc2n1-c1ccc(CCl)cc1. The van der Waals surface area contributed by atoms with E-state index in [4.69, 9.17) is 27.3 Å². The van der Waals surface area contributed by atoms with Crippen molar-refractivity contribution in [3.63, 3.8) is 0 Å². The van der Waals surface area contributed by atoms with E-state index < -0.39 is 0 Å². The van der Waals surface area contributed by atoms with Crippen LogP contribution in [0.15, 0.2) is 85.2 Å². The van der Waals surface area contributed by atoms with Gasteiger partial charge in [0.15, 0.2) is 11.5 Å². The summed E-state index contributed by atoms with van der Waals surface area (Å²) >= 11 is 5.97. The van der Waals surface area contributed by atoms with Gasteiger partial charge in [-0.2, -0.15) is 0 Å². The lowest BCUT2D eigenvalue weighted by Gasteiger charge is -2.10. The van der Waals surface area contributed by atoms with Crippen molar-refractivity contribution in [2.45, 2.75) is 5.88 Å². The Hall–Kier alpha value is -3.70. The fourth-order valence-corrected chi connectivity index (χ4v) is 3.70. The topological polar surface area (TPSA) is 69.6 Å². The number of hydrogen-bond donors (Lipinski definition) is 1. The Morgan fingerprint density at radius 2 is 1.67 bits per heavy atom. The molecule has 0 aliphatic heterocycles. The Kier molecular flexibility index (Phi) is 4.65. The highest BCUT2D eigenvalue weighted by Gasteiger charge is 2.18. The summed E-state index contributed by atoms with van der Waals surface area (Å²) in [5, 5.41) is 0. The van der Waals surface area contributed by atoms with Crippen molar-refractivity contribution < 1.29 is 0 Å². The number of nitrogens with two attached hydrogens (primary N) is 1. The van der Waals surface area contributed by atoms with Gasteiger partial charge >= 0.3 is 0 Å². The van der Waals surface area contributed by atoms with Crippen LogP contribution in [0.3, 0.4) is 0 Å². The molecule has 0 radical (unpaired) electrons. The first kappa shape index (κ1) is 18.3. The van der Waals surface area contributed by atoms with E-state index in [1.54, 1.807) is 6.20 Å². The standard InChI is InChI=1S/C24H18ClN5/c25-14-16-8-10-19(11-9-16)30-23(20-7-4-12-27-22(20)26)29-21-13-18(15-28-24(21)30)17-5-2-1-3-6-17/h1-13,15H,14H2,(H2,26,27). The van der Waals surface area contributed by atoms with Crippen LogP contribution in [-0.4, -0.2) is 19.5 Å². The van der Waals surface area contributed by atoms with Gasteiger partial charge in [0, 0.05) is 29.5 Å². The molecule has 0 atom stereocenters. The second kappa shape index (κ2) is 7.61. The highest BCUT2D eigenvalue weighted by Crippen LogP contribution is 2.32. The van der Waals surface area contributed by atoms with Gasteiger partial charge in [-0.3, -0.25) is 4.57 Å². The zero-order valence-corrected chi connectivity index (χ0v) is 16.8. The second-order valence-electron chi connectivity index (χ2n) is 6.94. The highest BCUT2D eigenvalue weighted by atomic mass is 35.5. The summed E-state index contributed by atoms with van der Waals surface area (Å²) in [6.45, 7) is 0. The van der Waals surface area contributed by atoms with Crippen LogP contribution in [0, 0.1) is 0 Å². The number of nitrogen functional groups attached to an aromatic ring is 1. The van der Waals surface area contributed by atoms with Crippen molar-refractivity contribution in [2.75, 3.05) is 5.73 Å². The van der Waals surface area contributed by atoms with Crippen molar-refractivity contribution in [3.8, 4) is 28.2 Å². The van der Waals surface area contributed by atoms with E-state index in [2.05, 4.69) is 23.2 Å². The molecule has 5 nitrogen and oxygen atoms in total.